The molecule has 0 aliphatic carbocycles. The number of nitrogens with one attached hydrogen (secondary N) is 2. The molecule has 0 radical (unpaired) electrons. The average Bonchev–Trinajstić information content (AvgIpc) is 2.51. The zero-order valence-electron chi connectivity index (χ0n) is 14.3. The van der Waals surface area contributed by atoms with Crippen molar-refractivity contribution in [3.05, 3.63) is 18.2 Å². The lowest BCUT2D eigenvalue weighted by Gasteiger charge is -2.15. The first-order chi connectivity index (χ1) is 11.3. The van der Waals surface area contributed by atoms with Crippen molar-refractivity contribution >= 4 is 27.3 Å². The second-order valence-electron chi connectivity index (χ2n) is 4.99. The molecule has 1 rings (SSSR count). The summed E-state index contributed by atoms with van der Waals surface area (Å²) in [7, 11) is -2.01. The first-order valence-corrected chi connectivity index (χ1v) is 9.32. The van der Waals surface area contributed by atoms with Crippen molar-refractivity contribution in [1.29, 1.82) is 0 Å². The van der Waals surface area contributed by atoms with Crippen LogP contribution in [0.2, 0.25) is 0 Å². The number of benzene rings is 1. The van der Waals surface area contributed by atoms with Crippen molar-refractivity contribution in [2.45, 2.75) is 20.0 Å². The summed E-state index contributed by atoms with van der Waals surface area (Å²) >= 11 is 0. The van der Waals surface area contributed by atoms with E-state index in [1.165, 1.54) is 19.2 Å². The van der Waals surface area contributed by atoms with Crippen LogP contribution in [0, 0.1) is 0 Å². The van der Waals surface area contributed by atoms with Crippen molar-refractivity contribution < 1.29 is 27.4 Å². The predicted octanol–water partition coefficient (Wildman–Crippen LogP) is 1.45. The number of carbonyl (C=O) groups is 1. The molecule has 24 heavy (non-hydrogen) atoms. The molecule has 0 spiro atoms. The number of methoxy groups -OCH3 is 1. The molecule has 136 valence electrons. The van der Waals surface area contributed by atoms with Gasteiger partial charge in [0.1, 0.15) is 11.9 Å². The van der Waals surface area contributed by atoms with Crippen LogP contribution in [-0.2, 0) is 24.3 Å². The van der Waals surface area contributed by atoms with E-state index in [2.05, 4.69) is 10.0 Å². The van der Waals surface area contributed by atoms with Gasteiger partial charge in [-0.2, -0.15) is 0 Å². The van der Waals surface area contributed by atoms with Gasteiger partial charge >= 0.3 is 0 Å². The molecule has 9 heteroatoms. The molecule has 0 saturated heterocycles. The lowest BCUT2D eigenvalue weighted by molar-refractivity contribution is -0.127. The van der Waals surface area contributed by atoms with Crippen LogP contribution in [0.3, 0.4) is 0 Å². The maximum absolute atomic E-state index is 12.1. The highest BCUT2D eigenvalue weighted by atomic mass is 32.2. The number of anilines is 2. The molecule has 2 N–H and O–H groups in total. The molecule has 1 aromatic carbocycles. The normalized spacial score (nSPS) is 12.5. The zero-order chi connectivity index (χ0) is 18.2. The number of amides is 1. The van der Waals surface area contributed by atoms with Crippen LogP contribution in [0.15, 0.2) is 18.2 Å². The number of sulfonamides is 1. The van der Waals surface area contributed by atoms with E-state index >= 15 is 0 Å². The standard InChI is InChI=1S/C15H24N2O6S/c1-5-22-8-9-23-11(2)15(18)16-12-6-7-13(14(10-12)21-3)17-24(4,19)20/h6-7,10-11,17H,5,8-9H2,1-4H3,(H,16,18). The van der Waals surface area contributed by atoms with Crippen LogP contribution < -0.4 is 14.8 Å². The summed E-state index contributed by atoms with van der Waals surface area (Å²) in [6.07, 6.45) is 0.397. The Bertz CT molecular complexity index is 647. The lowest BCUT2D eigenvalue weighted by atomic mass is 10.2. The predicted molar refractivity (Wildman–Crippen MR) is 92.0 cm³/mol. The Morgan fingerprint density at radius 3 is 2.58 bits per heavy atom. The number of carbonyl (C=O) groups excluding carboxylic acids is 1. The largest absolute Gasteiger partial charge is 0.494 e. The number of ether oxygens (including phenoxy) is 3. The fraction of sp³-hybridized carbons (Fsp3) is 0.533. The summed E-state index contributed by atoms with van der Waals surface area (Å²) in [6, 6.07) is 4.61. The molecule has 0 heterocycles. The Hall–Kier alpha value is -1.84. The van der Waals surface area contributed by atoms with E-state index in [1.807, 2.05) is 6.92 Å². The van der Waals surface area contributed by atoms with Gasteiger partial charge in [0.15, 0.2) is 0 Å². The van der Waals surface area contributed by atoms with Crippen LogP contribution in [-0.4, -0.2) is 53.6 Å². The van der Waals surface area contributed by atoms with E-state index in [4.69, 9.17) is 14.2 Å². The third kappa shape index (κ3) is 7.16. The molecule has 0 bridgehead atoms. The van der Waals surface area contributed by atoms with Gasteiger partial charge in [0.2, 0.25) is 10.0 Å². The van der Waals surface area contributed by atoms with Crippen LogP contribution in [0.4, 0.5) is 11.4 Å². The first kappa shape index (κ1) is 20.2. The second-order valence-corrected chi connectivity index (χ2v) is 6.74. The molecule has 8 nitrogen and oxygen atoms in total. The van der Waals surface area contributed by atoms with Crippen molar-refractivity contribution in [2.24, 2.45) is 0 Å². The van der Waals surface area contributed by atoms with E-state index in [1.54, 1.807) is 13.0 Å². The van der Waals surface area contributed by atoms with Gasteiger partial charge in [-0.1, -0.05) is 0 Å². The Labute approximate surface area is 142 Å². The second kappa shape index (κ2) is 9.45. The summed E-state index contributed by atoms with van der Waals surface area (Å²) in [5.74, 6) is -0.0273. The van der Waals surface area contributed by atoms with Gasteiger partial charge < -0.3 is 19.5 Å². The maximum atomic E-state index is 12.1. The topological polar surface area (TPSA) is 103 Å². The van der Waals surface area contributed by atoms with Crippen molar-refractivity contribution in [2.75, 3.05) is 43.2 Å². The third-order valence-corrected chi connectivity index (χ3v) is 3.52. The van der Waals surface area contributed by atoms with Gasteiger partial charge in [0.05, 0.1) is 32.3 Å². The van der Waals surface area contributed by atoms with E-state index in [0.717, 1.165) is 6.26 Å². The van der Waals surface area contributed by atoms with E-state index in [0.29, 0.717) is 36.9 Å². The summed E-state index contributed by atoms with van der Waals surface area (Å²) in [5.41, 5.74) is 0.759. The molecule has 0 fully saturated rings. The minimum atomic E-state index is -3.42. The summed E-state index contributed by atoms with van der Waals surface area (Å²) in [6.45, 7) is 4.86. The number of rotatable bonds is 10. The molecule has 0 aliphatic heterocycles. The lowest BCUT2D eigenvalue weighted by Crippen LogP contribution is -2.28. The van der Waals surface area contributed by atoms with Gasteiger partial charge in [0.25, 0.3) is 5.91 Å². The zero-order valence-corrected chi connectivity index (χ0v) is 15.1. The fourth-order valence-electron chi connectivity index (χ4n) is 1.80. The molecule has 0 aromatic heterocycles. The smallest absolute Gasteiger partial charge is 0.253 e. The monoisotopic (exact) mass is 360 g/mol. The summed E-state index contributed by atoms with van der Waals surface area (Å²) < 4.78 is 40.6. The van der Waals surface area contributed by atoms with Gasteiger partial charge in [-0.05, 0) is 26.0 Å². The Kier molecular flexibility index (Phi) is 7.96. The molecule has 0 saturated carbocycles. The molecule has 1 unspecified atom stereocenters. The molecule has 1 atom stereocenters. The van der Waals surface area contributed by atoms with Crippen LogP contribution in [0.25, 0.3) is 0 Å². The maximum Gasteiger partial charge on any atom is 0.253 e. The molecule has 1 amide bonds. The van der Waals surface area contributed by atoms with Crippen molar-refractivity contribution in [3.8, 4) is 5.75 Å². The molecular weight excluding hydrogens is 336 g/mol. The molecular formula is C15H24N2O6S. The summed E-state index contributed by atoms with van der Waals surface area (Å²) in [5, 5.41) is 2.69. The quantitative estimate of drug-likeness (QED) is 0.612. The summed E-state index contributed by atoms with van der Waals surface area (Å²) in [4.78, 5) is 12.1. The van der Waals surface area contributed by atoms with Gasteiger partial charge in [-0.15, -0.1) is 0 Å². The van der Waals surface area contributed by atoms with E-state index < -0.39 is 16.1 Å². The third-order valence-electron chi connectivity index (χ3n) is 2.93. The number of hydrogen-bond donors (Lipinski definition) is 2. The van der Waals surface area contributed by atoms with E-state index in [-0.39, 0.29) is 5.91 Å². The average molecular weight is 360 g/mol. The van der Waals surface area contributed by atoms with Crippen molar-refractivity contribution in [1.82, 2.24) is 0 Å². The highest BCUT2D eigenvalue weighted by Crippen LogP contribution is 2.28. The van der Waals surface area contributed by atoms with Gasteiger partial charge in [0, 0.05) is 18.4 Å². The highest BCUT2D eigenvalue weighted by molar-refractivity contribution is 7.92. The Balaban J connectivity index is 2.69. The SMILES string of the molecule is CCOCCOC(C)C(=O)Nc1ccc(NS(C)(=O)=O)c(OC)c1. The minimum Gasteiger partial charge on any atom is -0.494 e. The van der Waals surface area contributed by atoms with Crippen LogP contribution in [0.1, 0.15) is 13.8 Å². The van der Waals surface area contributed by atoms with Crippen LogP contribution in [0.5, 0.6) is 5.75 Å². The molecule has 1 aromatic rings. The van der Waals surface area contributed by atoms with Crippen LogP contribution >= 0.6 is 0 Å². The molecule has 0 aliphatic rings. The van der Waals surface area contributed by atoms with E-state index in [9.17, 15) is 13.2 Å². The minimum absolute atomic E-state index is 0.291. The van der Waals surface area contributed by atoms with Gasteiger partial charge in [-0.3, -0.25) is 9.52 Å². The highest BCUT2D eigenvalue weighted by Gasteiger charge is 2.15. The van der Waals surface area contributed by atoms with Gasteiger partial charge in [-0.25, -0.2) is 8.42 Å². The number of hydrogen-bond acceptors (Lipinski definition) is 6. The Morgan fingerprint density at radius 2 is 2.00 bits per heavy atom. The first-order valence-electron chi connectivity index (χ1n) is 7.43. The Morgan fingerprint density at radius 1 is 1.29 bits per heavy atom. The fourth-order valence-corrected chi connectivity index (χ4v) is 2.37. The van der Waals surface area contributed by atoms with Crippen molar-refractivity contribution in [3.63, 3.8) is 0 Å².